The van der Waals surface area contributed by atoms with Crippen molar-refractivity contribution in [2.45, 2.75) is 44.9 Å². The quantitative estimate of drug-likeness (QED) is 0.896. The van der Waals surface area contributed by atoms with E-state index in [0.717, 1.165) is 28.7 Å². The van der Waals surface area contributed by atoms with Crippen molar-refractivity contribution < 1.29 is 9.53 Å². The van der Waals surface area contributed by atoms with Crippen LogP contribution in [-0.4, -0.2) is 24.8 Å². The summed E-state index contributed by atoms with van der Waals surface area (Å²) in [5.41, 5.74) is 0. The molecular formula is C13H19ClN2O2S. The number of carbonyl (C=O) groups is 1. The number of thiophene rings is 1. The molecule has 0 unspecified atom stereocenters. The first-order valence-electron chi connectivity index (χ1n) is 6.50. The zero-order valence-electron chi connectivity index (χ0n) is 11.1. The van der Waals surface area contributed by atoms with E-state index in [0.29, 0.717) is 0 Å². The van der Waals surface area contributed by atoms with Crippen molar-refractivity contribution in [3.8, 4) is 0 Å². The average Bonchev–Trinajstić information content (AvgIpc) is 2.98. The summed E-state index contributed by atoms with van der Waals surface area (Å²) in [6, 6.07) is 3.59. The number of halogens is 1. The molecule has 2 rings (SSSR count). The van der Waals surface area contributed by atoms with Gasteiger partial charge in [0.1, 0.15) is 0 Å². The molecule has 0 bridgehead atoms. The molecule has 0 radical (unpaired) electrons. The molecule has 2 N–H and O–H groups in total. The summed E-state index contributed by atoms with van der Waals surface area (Å²) in [5, 5.41) is 5.84. The third kappa shape index (κ3) is 4.09. The first kappa shape index (κ1) is 14.6. The number of hydrogen-bond donors (Lipinski definition) is 2. The van der Waals surface area contributed by atoms with E-state index < -0.39 is 0 Å². The Hall–Kier alpha value is -0.780. The van der Waals surface area contributed by atoms with Crippen molar-refractivity contribution >= 4 is 29.0 Å². The van der Waals surface area contributed by atoms with Gasteiger partial charge in [0.2, 0.25) is 0 Å². The number of hydrogen-bond acceptors (Lipinski definition) is 3. The number of rotatable bonds is 4. The zero-order valence-corrected chi connectivity index (χ0v) is 12.7. The molecule has 1 aromatic heterocycles. The standard InChI is InChI=1S/C13H19ClN2O2S/c1-8(10-4-3-7-18-10)15-13(17)16-9(2)11-5-6-12(14)19-11/h5-6,8-10H,3-4,7H2,1-2H3,(H2,15,16,17)/t8-,9+,10-/m1/s1. The van der Waals surface area contributed by atoms with Gasteiger partial charge in [-0.2, -0.15) is 0 Å². The van der Waals surface area contributed by atoms with Crippen LogP contribution in [0.3, 0.4) is 0 Å². The Morgan fingerprint density at radius 3 is 2.84 bits per heavy atom. The molecule has 1 aromatic rings. The molecule has 1 saturated heterocycles. The number of carbonyl (C=O) groups excluding carboxylic acids is 1. The maximum absolute atomic E-state index is 11.9. The molecule has 2 amide bonds. The van der Waals surface area contributed by atoms with Crippen LogP contribution in [0.5, 0.6) is 0 Å². The van der Waals surface area contributed by atoms with Crippen molar-refractivity contribution in [3.63, 3.8) is 0 Å². The van der Waals surface area contributed by atoms with Crippen LogP contribution in [0.1, 0.15) is 37.6 Å². The average molecular weight is 303 g/mol. The van der Waals surface area contributed by atoms with Crippen molar-refractivity contribution in [2.24, 2.45) is 0 Å². The molecule has 0 saturated carbocycles. The van der Waals surface area contributed by atoms with Crippen molar-refractivity contribution in [2.75, 3.05) is 6.61 Å². The molecule has 4 nitrogen and oxygen atoms in total. The number of amides is 2. The Morgan fingerprint density at radius 2 is 2.26 bits per heavy atom. The van der Waals surface area contributed by atoms with Gasteiger partial charge in [-0.3, -0.25) is 0 Å². The Balaban J connectivity index is 1.80. The molecular weight excluding hydrogens is 284 g/mol. The summed E-state index contributed by atoms with van der Waals surface area (Å²) in [6.45, 7) is 4.71. The molecule has 1 aliphatic heterocycles. The molecule has 2 heterocycles. The fraction of sp³-hybridized carbons (Fsp3) is 0.615. The minimum absolute atomic E-state index is 0.0293. The lowest BCUT2D eigenvalue weighted by molar-refractivity contribution is 0.0859. The van der Waals surface area contributed by atoms with E-state index in [9.17, 15) is 4.79 Å². The Kier molecular flexibility index (Phi) is 5.07. The third-order valence-corrected chi connectivity index (χ3v) is 4.66. The first-order chi connectivity index (χ1) is 9.06. The summed E-state index contributed by atoms with van der Waals surface area (Å²) >= 11 is 7.37. The van der Waals surface area contributed by atoms with Gasteiger partial charge in [0, 0.05) is 11.5 Å². The zero-order chi connectivity index (χ0) is 13.8. The second-order valence-corrected chi connectivity index (χ2v) is 6.57. The number of urea groups is 1. The predicted octanol–water partition coefficient (Wildman–Crippen LogP) is 3.33. The highest BCUT2D eigenvalue weighted by atomic mass is 35.5. The molecule has 1 fully saturated rings. The van der Waals surface area contributed by atoms with Gasteiger partial charge in [0.05, 0.1) is 22.5 Å². The van der Waals surface area contributed by atoms with Crippen LogP contribution in [0.25, 0.3) is 0 Å². The Morgan fingerprint density at radius 1 is 1.47 bits per heavy atom. The van der Waals surface area contributed by atoms with Crippen LogP contribution in [0, 0.1) is 0 Å². The van der Waals surface area contributed by atoms with Gasteiger partial charge in [-0.15, -0.1) is 11.3 Å². The fourth-order valence-electron chi connectivity index (χ4n) is 2.17. The van der Waals surface area contributed by atoms with Crippen LogP contribution in [0.2, 0.25) is 4.34 Å². The van der Waals surface area contributed by atoms with Crippen LogP contribution in [-0.2, 0) is 4.74 Å². The van der Waals surface area contributed by atoms with Crippen LogP contribution < -0.4 is 10.6 Å². The lowest BCUT2D eigenvalue weighted by Gasteiger charge is -2.21. The van der Waals surface area contributed by atoms with Gasteiger partial charge < -0.3 is 15.4 Å². The van der Waals surface area contributed by atoms with E-state index in [2.05, 4.69) is 10.6 Å². The van der Waals surface area contributed by atoms with Crippen molar-refractivity contribution in [1.82, 2.24) is 10.6 Å². The second-order valence-electron chi connectivity index (χ2n) is 4.82. The normalized spacial score (nSPS) is 21.9. The lowest BCUT2D eigenvalue weighted by atomic mass is 10.1. The lowest BCUT2D eigenvalue weighted by Crippen LogP contribution is -2.46. The summed E-state index contributed by atoms with van der Waals surface area (Å²) in [6.07, 6.45) is 2.22. The van der Waals surface area contributed by atoms with E-state index in [1.165, 1.54) is 11.3 Å². The summed E-state index contributed by atoms with van der Waals surface area (Å²) < 4.78 is 6.28. The molecule has 106 valence electrons. The van der Waals surface area contributed by atoms with E-state index >= 15 is 0 Å². The highest BCUT2D eigenvalue weighted by molar-refractivity contribution is 7.16. The first-order valence-corrected chi connectivity index (χ1v) is 7.69. The van der Waals surface area contributed by atoms with Gasteiger partial charge in [0.15, 0.2) is 0 Å². The maximum Gasteiger partial charge on any atom is 0.315 e. The largest absolute Gasteiger partial charge is 0.376 e. The monoisotopic (exact) mass is 302 g/mol. The molecule has 1 aliphatic rings. The highest BCUT2D eigenvalue weighted by Gasteiger charge is 2.24. The van der Waals surface area contributed by atoms with E-state index in [1.807, 2.05) is 26.0 Å². The minimum Gasteiger partial charge on any atom is -0.376 e. The highest BCUT2D eigenvalue weighted by Crippen LogP contribution is 2.26. The van der Waals surface area contributed by atoms with Crippen LogP contribution in [0.15, 0.2) is 12.1 Å². The second kappa shape index (κ2) is 6.59. The van der Waals surface area contributed by atoms with Gasteiger partial charge in [-0.05, 0) is 38.8 Å². The van der Waals surface area contributed by atoms with Crippen molar-refractivity contribution in [3.05, 3.63) is 21.3 Å². The van der Waals surface area contributed by atoms with Gasteiger partial charge >= 0.3 is 6.03 Å². The topological polar surface area (TPSA) is 50.4 Å². The summed E-state index contributed by atoms with van der Waals surface area (Å²) in [7, 11) is 0. The van der Waals surface area contributed by atoms with Crippen molar-refractivity contribution in [1.29, 1.82) is 0 Å². The van der Waals surface area contributed by atoms with E-state index in [4.69, 9.17) is 16.3 Å². The fourth-order valence-corrected chi connectivity index (χ4v) is 3.23. The van der Waals surface area contributed by atoms with E-state index in [1.54, 1.807) is 0 Å². The summed E-state index contributed by atoms with van der Waals surface area (Å²) in [5.74, 6) is 0. The van der Waals surface area contributed by atoms with Crippen LogP contribution in [0.4, 0.5) is 4.79 Å². The van der Waals surface area contributed by atoms with Gasteiger partial charge in [0.25, 0.3) is 0 Å². The van der Waals surface area contributed by atoms with Gasteiger partial charge in [-0.1, -0.05) is 11.6 Å². The molecule has 19 heavy (non-hydrogen) atoms. The molecule has 6 heteroatoms. The molecule has 0 aromatic carbocycles. The Labute approximate surface area is 122 Å². The van der Waals surface area contributed by atoms with Crippen LogP contribution >= 0.6 is 22.9 Å². The third-order valence-electron chi connectivity index (χ3n) is 3.25. The number of nitrogens with one attached hydrogen (secondary N) is 2. The maximum atomic E-state index is 11.9. The van der Waals surface area contributed by atoms with E-state index in [-0.39, 0.29) is 24.2 Å². The predicted molar refractivity (Wildman–Crippen MR) is 77.8 cm³/mol. The Bertz CT molecular complexity index is 432. The number of ether oxygens (including phenoxy) is 1. The SMILES string of the molecule is C[C@H](NC(=O)N[C@H](C)[C@H]1CCCO1)c1ccc(Cl)s1. The molecule has 0 spiro atoms. The smallest absolute Gasteiger partial charge is 0.315 e. The van der Waals surface area contributed by atoms with Gasteiger partial charge in [-0.25, -0.2) is 4.79 Å². The minimum atomic E-state index is -0.167. The molecule has 3 atom stereocenters. The molecule has 0 aliphatic carbocycles. The summed E-state index contributed by atoms with van der Waals surface area (Å²) in [4.78, 5) is 12.9.